The Morgan fingerprint density at radius 1 is 0.966 bits per heavy atom. The number of aromatic nitrogens is 2. The summed E-state index contributed by atoms with van der Waals surface area (Å²) in [5.74, 6) is 0.285. The van der Waals surface area contributed by atoms with E-state index in [1.54, 1.807) is 6.07 Å². The highest BCUT2D eigenvalue weighted by atomic mass is 35.5. The zero-order chi connectivity index (χ0) is 20.1. The zero-order valence-corrected chi connectivity index (χ0v) is 16.6. The Balaban J connectivity index is 1.36. The molecule has 1 amide bonds. The second-order valence-corrected chi connectivity index (χ2v) is 7.21. The maximum atomic E-state index is 12.9. The van der Waals surface area contributed by atoms with E-state index in [9.17, 15) is 4.79 Å². The second-order valence-electron chi connectivity index (χ2n) is 6.77. The SMILES string of the molecule is O=C(c1cc(OCc2ccccc2)ncn1)N1CCN(c2cccc(Cl)c2)CC1. The minimum Gasteiger partial charge on any atom is -0.473 e. The highest BCUT2D eigenvalue weighted by molar-refractivity contribution is 6.30. The van der Waals surface area contributed by atoms with Crippen LogP contribution < -0.4 is 9.64 Å². The van der Waals surface area contributed by atoms with Crippen molar-refractivity contribution in [3.63, 3.8) is 0 Å². The fraction of sp³-hybridized carbons (Fsp3) is 0.227. The van der Waals surface area contributed by atoms with Gasteiger partial charge in [-0.2, -0.15) is 0 Å². The van der Waals surface area contributed by atoms with Crippen molar-refractivity contribution >= 4 is 23.2 Å². The number of amides is 1. The molecule has 1 aromatic heterocycles. The number of piperazine rings is 1. The summed E-state index contributed by atoms with van der Waals surface area (Å²) in [4.78, 5) is 25.2. The van der Waals surface area contributed by atoms with Gasteiger partial charge in [0.25, 0.3) is 5.91 Å². The van der Waals surface area contributed by atoms with E-state index >= 15 is 0 Å². The van der Waals surface area contributed by atoms with Gasteiger partial charge in [0.05, 0.1) is 0 Å². The number of nitrogens with zero attached hydrogens (tertiary/aromatic N) is 4. The Morgan fingerprint density at radius 2 is 1.76 bits per heavy atom. The van der Waals surface area contributed by atoms with E-state index in [4.69, 9.17) is 16.3 Å². The first kappa shape index (κ1) is 19.2. The molecule has 2 heterocycles. The Morgan fingerprint density at radius 3 is 2.52 bits per heavy atom. The minimum absolute atomic E-state index is 0.109. The number of carbonyl (C=O) groups is 1. The predicted molar refractivity (Wildman–Crippen MR) is 112 cm³/mol. The summed E-state index contributed by atoms with van der Waals surface area (Å²) in [6.45, 7) is 3.12. The van der Waals surface area contributed by atoms with Gasteiger partial charge in [0.2, 0.25) is 5.88 Å². The number of rotatable bonds is 5. The number of carbonyl (C=O) groups excluding carboxylic acids is 1. The molecule has 0 saturated carbocycles. The Labute approximate surface area is 174 Å². The van der Waals surface area contributed by atoms with Crippen LogP contribution in [0.4, 0.5) is 5.69 Å². The molecule has 1 aliphatic heterocycles. The van der Waals surface area contributed by atoms with E-state index in [0.29, 0.717) is 36.3 Å². The quantitative estimate of drug-likeness (QED) is 0.644. The van der Waals surface area contributed by atoms with Crippen molar-refractivity contribution in [2.75, 3.05) is 31.1 Å². The van der Waals surface area contributed by atoms with Crippen LogP contribution in [0.1, 0.15) is 16.1 Å². The third-order valence-electron chi connectivity index (χ3n) is 4.83. The van der Waals surface area contributed by atoms with Crippen molar-refractivity contribution in [2.24, 2.45) is 0 Å². The van der Waals surface area contributed by atoms with Gasteiger partial charge in [-0.25, -0.2) is 9.97 Å². The van der Waals surface area contributed by atoms with Crippen LogP contribution in [0.2, 0.25) is 5.02 Å². The number of halogens is 1. The number of ether oxygens (including phenoxy) is 1. The Kier molecular flexibility index (Phi) is 5.91. The first-order chi connectivity index (χ1) is 14.2. The van der Waals surface area contributed by atoms with Crippen molar-refractivity contribution in [1.82, 2.24) is 14.9 Å². The van der Waals surface area contributed by atoms with Crippen LogP contribution in [-0.4, -0.2) is 47.0 Å². The topological polar surface area (TPSA) is 58.6 Å². The highest BCUT2D eigenvalue weighted by Gasteiger charge is 2.23. The summed E-state index contributed by atoms with van der Waals surface area (Å²) in [6.07, 6.45) is 1.37. The summed E-state index contributed by atoms with van der Waals surface area (Å²) in [5, 5.41) is 0.713. The van der Waals surface area contributed by atoms with Crippen molar-refractivity contribution in [3.05, 3.63) is 83.3 Å². The van der Waals surface area contributed by atoms with Gasteiger partial charge in [-0.1, -0.05) is 48.0 Å². The summed E-state index contributed by atoms with van der Waals surface area (Å²) >= 11 is 6.09. The highest BCUT2D eigenvalue weighted by Crippen LogP contribution is 2.21. The normalized spacial score (nSPS) is 14.0. The zero-order valence-electron chi connectivity index (χ0n) is 15.9. The summed E-state index contributed by atoms with van der Waals surface area (Å²) in [6, 6.07) is 19.2. The maximum Gasteiger partial charge on any atom is 0.272 e. The van der Waals surface area contributed by atoms with Crippen LogP contribution >= 0.6 is 11.6 Å². The standard InChI is InChI=1S/C22H21ClN4O2/c23-18-7-4-8-19(13-18)26-9-11-27(12-10-26)22(28)20-14-21(25-16-24-20)29-15-17-5-2-1-3-6-17/h1-8,13-14,16H,9-12,15H2. The fourth-order valence-corrected chi connectivity index (χ4v) is 3.45. The van der Waals surface area contributed by atoms with Gasteiger partial charge < -0.3 is 14.5 Å². The van der Waals surface area contributed by atoms with E-state index < -0.39 is 0 Å². The Bertz CT molecular complexity index is 975. The van der Waals surface area contributed by atoms with Gasteiger partial charge in [-0.15, -0.1) is 0 Å². The van der Waals surface area contributed by atoms with Crippen molar-refractivity contribution in [2.45, 2.75) is 6.61 Å². The molecule has 0 spiro atoms. The molecular weight excluding hydrogens is 388 g/mol. The van der Waals surface area contributed by atoms with E-state index in [0.717, 1.165) is 24.3 Å². The summed E-state index contributed by atoms with van der Waals surface area (Å²) < 4.78 is 5.71. The Hall–Kier alpha value is -3.12. The van der Waals surface area contributed by atoms with E-state index in [-0.39, 0.29) is 5.91 Å². The molecule has 0 atom stereocenters. The molecule has 4 rings (SSSR count). The van der Waals surface area contributed by atoms with Crippen LogP contribution in [0.5, 0.6) is 5.88 Å². The van der Waals surface area contributed by atoms with Crippen LogP contribution in [0, 0.1) is 0 Å². The molecule has 1 aliphatic rings. The lowest BCUT2D eigenvalue weighted by Crippen LogP contribution is -2.49. The molecule has 0 aliphatic carbocycles. The van der Waals surface area contributed by atoms with Gasteiger partial charge >= 0.3 is 0 Å². The summed E-state index contributed by atoms with van der Waals surface area (Å²) in [7, 11) is 0. The second kappa shape index (κ2) is 8.92. The maximum absolute atomic E-state index is 12.9. The molecule has 29 heavy (non-hydrogen) atoms. The van der Waals surface area contributed by atoms with Crippen LogP contribution in [0.25, 0.3) is 0 Å². The third kappa shape index (κ3) is 4.84. The average Bonchev–Trinajstić information content (AvgIpc) is 2.78. The molecule has 0 unspecified atom stereocenters. The molecule has 2 aromatic carbocycles. The van der Waals surface area contributed by atoms with E-state index in [1.165, 1.54) is 6.33 Å². The van der Waals surface area contributed by atoms with Crippen molar-refractivity contribution < 1.29 is 9.53 Å². The monoisotopic (exact) mass is 408 g/mol. The molecule has 7 heteroatoms. The first-order valence-electron chi connectivity index (χ1n) is 9.47. The van der Waals surface area contributed by atoms with Crippen molar-refractivity contribution in [1.29, 1.82) is 0 Å². The van der Waals surface area contributed by atoms with Gasteiger partial charge in [0.1, 0.15) is 18.6 Å². The van der Waals surface area contributed by atoms with Gasteiger partial charge in [0, 0.05) is 43.0 Å². The first-order valence-corrected chi connectivity index (χ1v) is 9.85. The van der Waals surface area contributed by atoms with E-state index in [2.05, 4.69) is 14.9 Å². The number of anilines is 1. The van der Waals surface area contributed by atoms with Crippen LogP contribution in [-0.2, 0) is 6.61 Å². The molecule has 148 valence electrons. The number of benzene rings is 2. The average molecular weight is 409 g/mol. The molecule has 0 radical (unpaired) electrons. The fourth-order valence-electron chi connectivity index (χ4n) is 3.27. The predicted octanol–water partition coefficient (Wildman–Crippen LogP) is 3.67. The molecular formula is C22H21ClN4O2. The number of hydrogen-bond donors (Lipinski definition) is 0. The smallest absolute Gasteiger partial charge is 0.272 e. The summed E-state index contributed by atoms with van der Waals surface area (Å²) in [5.41, 5.74) is 2.46. The lowest BCUT2D eigenvalue weighted by molar-refractivity contribution is 0.0740. The lowest BCUT2D eigenvalue weighted by Gasteiger charge is -2.36. The van der Waals surface area contributed by atoms with Crippen molar-refractivity contribution in [3.8, 4) is 5.88 Å². The van der Waals surface area contributed by atoms with E-state index in [1.807, 2.05) is 59.5 Å². The lowest BCUT2D eigenvalue weighted by atomic mass is 10.2. The third-order valence-corrected chi connectivity index (χ3v) is 5.07. The van der Waals surface area contributed by atoms with Gasteiger partial charge in [0.15, 0.2) is 0 Å². The van der Waals surface area contributed by atoms with Crippen LogP contribution in [0.15, 0.2) is 67.0 Å². The van der Waals surface area contributed by atoms with Gasteiger partial charge in [-0.05, 0) is 23.8 Å². The molecule has 3 aromatic rings. The molecule has 1 saturated heterocycles. The minimum atomic E-state index is -0.109. The molecule has 0 N–H and O–H groups in total. The molecule has 6 nitrogen and oxygen atoms in total. The largest absolute Gasteiger partial charge is 0.473 e. The number of hydrogen-bond acceptors (Lipinski definition) is 5. The van der Waals surface area contributed by atoms with Gasteiger partial charge in [-0.3, -0.25) is 4.79 Å². The van der Waals surface area contributed by atoms with Crippen LogP contribution in [0.3, 0.4) is 0 Å². The molecule has 0 bridgehead atoms. The molecule has 1 fully saturated rings.